The molecule has 0 saturated carbocycles. The molecule has 2 aromatic heterocycles. The molecule has 0 atom stereocenters. The zero-order valence-corrected chi connectivity index (χ0v) is 34.3. The molecule has 0 spiro atoms. The number of allylic oxidation sites excluding steroid dienone is 8. The third-order valence-corrected chi connectivity index (χ3v) is 13.3. The molecule has 0 aliphatic carbocycles. The lowest BCUT2D eigenvalue weighted by atomic mass is 9.95. The Hall–Kier alpha value is -6.26. The second-order valence-electron chi connectivity index (χ2n) is 14.6. The quantitative estimate of drug-likeness (QED) is 0.132. The van der Waals surface area contributed by atoms with Crippen LogP contribution in [0, 0.1) is 0 Å². The van der Waals surface area contributed by atoms with Gasteiger partial charge in [0.2, 0.25) is 0 Å². The first kappa shape index (κ1) is 36.4. The van der Waals surface area contributed by atoms with E-state index in [9.17, 15) is 0 Å². The third-order valence-electron chi connectivity index (χ3n) is 11.0. The molecule has 0 radical (unpaired) electrons. The standard InChI is InChI=1S/C54H43NS2/c1-5-17-44(40-20-11-7-12-21-40)38(4)36(2)26-27-37(3)55(43-29-33-51-48(35-43)46-30-28-42(34-52(46)56-51)39-18-9-6-10-19-39)49-32-31-45(41-22-13-8-14-23-41)54-53(49)47-24-15-16-25-50(47)57-54/h5-35H,1-4H3/b17-5-,36-26+,37-27+,44-38-. The zero-order valence-electron chi connectivity index (χ0n) is 32.7. The molecule has 0 aliphatic rings. The van der Waals surface area contributed by atoms with Gasteiger partial charge in [0.25, 0.3) is 0 Å². The zero-order chi connectivity index (χ0) is 38.9. The summed E-state index contributed by atoms with van der Waals surface area (Å²) in [5.41, 5.74) is 13.4. The number of anilines is 2. The van der Waals surface area contributed by atoms with Crippen LogP contribution >= 0.6 is 22.7 Å². The van der Waals surface area contributed by atoms with Crippen LogP contribution in [0.3, 0.4) is 0 Å². The number of rotatable bonds is 9. The number of fused-ring (bicyclic) bond motifs is 6. The highest BCUT2D eigenvalue weighted by atomic mass is 32.1. The largest absolute Gasteiger partial charge is 0.314 e. The number of nitrogens with zero attached hydrogens (tertiary/aromatic N) is 1. The molecule has 7 aromatic carbocycles. The van der Waals surface area contributed by atoms with Gasteiger partial charge in [-0.3, -0.25) is 0 Å². The molecule has 0 bridgehead atoms. The van der Waals surface area contributed by atoms with Gasteiger partial charge in [0.05, 0.1) is 5.69 Å². The molecule has 57 heavy (non-hydrogen) atoms. The summed E-state index contributed by atoms with van der Waals surface area (Å²) in [6, 6.07) is 59.7. The lowest BCUT2D eigenvalue weighted by molar-refractivity contribution is 1.17. The topological polar surface area (TPSA) is 3.24 Å². The molecule has 276 valence electrons. The average Bonchev–Trinajstić information content (AvgIpc) is 3.84. The molecule has 0 amide bonds. The molecule has 9 aromatic rings. The van der Waals surface area contributed by atoms with E-state index in [1.54, 1.807) is 0 Å². The van der Waals surface area contributed by atoms with E-state index in [4.69, 9.17) is 0 Å². The summed E-state index contributed by atoms with van der Waals surface area (Å²) in [7, 11) is 0. The summed E-state index contributed by atoms with van der Waals surface area (Å²) in [5, 5.41) is 5.13. The van der Waals surface area contributed by atoms with E-state index in [1.165, 1.54) is 90.6 Å². The van der Waals surface area contributed by atoms with Gasteiger partial charge in [-0.2, -0.15) is 0 Å². The monoisotopic (exact) mass is 769 g/mol. The lowest BCUT2D eigenvalue weighted by Gasteiger charge is -2.27. The third kappa shape index (κ3) is 6.95. The first-order valence-corrected chi connectivity index (χ1v) is 21.2. The Balaban J connectivity index is 1.25. The maximum absolute atomic E-state index is 2.48. The molecular weight excluding hydrogens is 727 g/mol. The maximum Gasteiger partial charge on any atom is 0.0551 e. The minimum Gasteiger partial charge on any atom is -0.314 e. The van der Waals surface area contributed by atoms with Crippen molar-refractivity contribution in [3.63, 3.8) is 0 Å². The van der Waals surface area contributed by atoms with Crippen molar-refractivity contribution in [1.82, 2.24) is 0 Å². The first-order chi connectivity index (χ1) is 28.0. The summed E-state index contributed by atoms with van der Waals surface area (Å²) in [6.07, 6.45) is 8.94. The number of benzene rings is 7. The van der Waals surface area contributed by atoms with Gasteiger partial charge in [0, 0.05) is 51.7 Å². The minimum absolute atomic E-state index is 1.14. The van der Waals surface area contributed by atoms with E-state index in [0.29, 0.717) is 0 Å². The predicted molar refractivity (Wildman–Crippen MR) is 253 cm³/mol. The van der Waals surface area contributed by atoms with Crippen LogP contribution in [0.2, 0.25) is 0 Å². The summed E-state index contributed by atoms with van der Waals surface area (Å²) >= 11 is 3.76. The van der Waals surface area contributed by atoms with Crippen molar-refractivity contribution in [3.05, 3.63) is 211 Å². The van der Waals surface area contributed by atoms with Crippen LogP contribution < -0.4 is 4.90 Å². The van der Waals surface area contributed by atoms with Gasteiger partial charge in [-0.05, 0) is 115 Å². The van der Waals surface area contributed by atoms with Crippen LogP contribution in [0.4, 0.5) is 11.4 Å². The van der Waals surface area contributed by atoms with E-state index >= 15 is 0 Å². The Morgan fingerprint density at radius 3 is 1.96 bits per heavy atom. The number of hydrogen-bond donors (Lipinski definition) is 0. The molecule has 0 N–H and O–H groups in total. The molecule has 2 heterocycles. The average molecular weight is 770 g/mol. The van der Waals surface area contributed by atoms with Crippen LogP contribution in [-0.4, -0.2) is 0 Å². The molecule has 1 nitrogen and oxygen atoms in total. The molecule has 9 rings (SSSR count). The smallest absolute Gasteiger partial charge is 0.0551 e. The Bertz CT molecular complexity index is 3030. The molecule has 0 saturated heterocycles. The summed E-state index contributed by atoms with van der Waals surface area (Å²) < 4.78 is 5.19. The van der Waals surface area contributed by atoms with Crippen molar-refractivity contribution in [1.29, 1.82) is 0 Å². The Morgan fingerprint density at radius 2 is 1.21 bits per heavy atom. The summed E-state index contributed by atoms with van der Waals surface area (Å²) in [6.45, 7) is 8.80. The van der Waals surface area contributed by atoms with Crippen LogP contribution in [-0.2, 0) is 0 Å². The Labute approximate surface area is 343 Å². The van der Waals surface area contributed by atoms with Crippen molar-refractivity contribution in [2.45, 2.75) is 27.7 Å². The SMILES string of the molecule is C\C=C/C(=C(C)/C(C)=C/C=C(\C)N(c1ccc2sc3cc(-c4ccccc4)ccc3c2c1)c1ccc(-c2ccccc2)c2sc3ccccc3c12)c1ccccc1. The first-order valence-electron chi connectivity index (χ1n) is 19.5. The van der Waals surface area contributed by atoms with Crippen LogP contribution in [0.15, 0.2) is 205 Å². The van der Waals surface area contributed by atoms with E-state index < -0.39 is 0 Å². The number of hydrogen-bond acceptors (Lipinski definition) is 3. The van der Waals surface area contributed by atoms with E-state index in [1.807, 2.05) is 22.7 Å². The summed E-state index contributed by atoms with van der Waals surface area (Å²) in [4.78, 5) is 2.48. The molecule has 0 aliphatic heterocycles. The van der Waals surface area contributed by atoms with Gasteiger partial charge in [0.1, 0.15) is 0 Å². The van der Waals surface area contributed by atoms with E-state index in [0.717, 1.165) is 11.4 Å². The molecule has 0 fully saturated rings. The highest BCUT2D eigenvalue weighted by molar-refractivity contribution is 7.26. The fourth-order valence-electron chi connectivity index (χ4n) is 7.97. The highest BCUT2D eigenvalue weighted by Crippen LogP contribution is 2.48. The fourth-order valence-corrected chi connectivity index (χ4v) is 10.4. The van der Waals surface area contributed by atoms with Crippen molar-refractivity contribution in [2.24, 2.45) is 0 Å². The van der Waals surface area contributed by atoms with Gasteiger partial charge in [0.15, 0.2) is 0 Å². The van der Waals surface area contributed by atoms with Crippen molar-refractivity contribution >= 4 is 80.0 Å². The molecular formula is C54H43NS2. The lowest BCUT2D eigenvalue weighted by Crippen LogP contribution is -2.14. The van der Waals surface area contributed by atoms with E-state index in [2.05, 4.69) is 221 Å². The molecule has 0 unspecified atom stereocenters. The van der Waals surface area contributed by atoms with Gasteiger partial charge in [-0.15, -0.1) is 22.7 Å². The van der Waals surface area contributed by atoms with Gasteiger partial charge in [-0.1, -0.05) is 146 Å². The van der Waals surface area contributed by atoms with Crippen LogP contribution in [0.25, 0.3) is 68.2 Å². The summed E-state index contributed by atoms with van der Waals surface area (Å²) in [5.74, 6) is 0. The van der Waals surface area contributed by atoms with Gasteiger partial charge in [-0.25, -0.2) is 0 Å². The normalized spacial score (nSPS) is 13.0. The predicted octanol–water partition coefficient (Wildman–Crippen LogP) is 16.8. The van der Waals surface area contributed by atoms with E-state index in [-0.39, 0.29) is 0 Å². The Kier molecular flexibility index (Phi) is 10.0. The van der Waals surface area contributed by atoms with Crippen LogP contribution in [0.5, 0.6) is 0 Å². The van der Waals surface area contributed by atoms with Gasteiger partial charge < -0.3 is 4.90 Å². The van der Waals surface area contributed by atoms with Crippen molar-refractivity contribution < 1.29 is 0 Å². The Morgan fingerprint density at radius 1 is 0.526 bits per heavy atom. The fraction of sp³-hybridized carbons (Fsp3) is 0.0741. The van der Waals surface area contributed by atoms with Crippen molar-refractivity contribution in [2.75, 3.05) is 4.90 Å². The number of thiophene rings is 2. The minimum atomic E-state index is 1.14. The van der Waals surface area contributed by atoms with Gasteiger partial charge >= 0.3 is 0 Å². The van der Waals surface area contributed by atoms with Crippen LogP contribution in [0.1, 0.15) is 33.3 Å². The van der Waals surface area contributed by atoms with Crippen molar-refractivity contribution in [3.8, 4) is 22.3 Å². The molecule has 3 heteroatoms. The second kappa shape index (κ2) is 15.7. The maximum atomic E-state index is 2.48. The second-order valence-corrected chi connectivity index (χ2v) is 16.7. The highest BCUT2D eigenvalue weighted by Gasteiger charge is 2.21.